The summed E-state index contributed by atoms with van der Waals surface area (Å²) in [5.41, 5.74) is 6.57. The Morgan fingerprint density at radius 3 is 2.63 bits per heavy atom. The van der Waals surface area contributed by atoms with Crippen molar-refractivity contribution < 1.29 is 9.13 Å². The molecule has 5 heteroatoms. The minimum absolute atomic E-state index is 0.0800. The molecule has 1 aromatic rings. The molecular weight excluding hydrogens is 263 g/mol. The van der Waals surface area contributed by atoms with Gasteiger partial charge in [-0.1, -0.05) is 26.1 Å². The molecule has 1 rings (SSSR count). The van der Waals surface area contributed by atoms with Crippen LogP contribution >= 0.6 is 12.2 Å². The molecule has 0 saturated heterocycles. The van der Waals surface area contributed by atoms with Crippen LogP contribution in [-0.2, 0) is 4.74 Å². The van der Waals surface area contributed by atoms with Crippen LogP contribution < -0.4 is 10.6 Å². The fourth-order valence-electron chi connectivity index (χ4n) is 1.87. The molecule has 0 aromatic heterocycles. The number of methoxy groups -OCH3 is 1. The lowest BCUT2D eigenvalue weighted by atomic mass is 10.1. The molecule has 0 heterocycles. The van der Waals surface area contributed by atoms with Crippen molar-refractivity contribution in [3.8, 4) is 0 Å². The monoisotopic (exact) mass is 284 g/mol. The number of nitrogens with zero attached hydrogens (tertiary/aromatic N) is 1. The minimum atomic E-state index is -0.379. The molecule has 2 N–H and O–H groups in total. The van der Waals surface area contributed by atoms with Gasteiger partial charge >= 0.3 is 0 Å². The fourth-order valence-corrected chi connectivity index (χ4v) is 2.03. The van der Waals surface area contributed by atoms with E-state index >= 15 is 0 Å². The molecule has 106 valence electrons. The summed E-state index contributed by atoms with van der Waals surface area (Å²) in [4.78, 5) is 2.18. The molecule has 0 amide bonds. The first-order valence-electron chi connectivity index (χ1n) is 6.29. The van der Waals surface area contributed by atoms with Crippen LogP contribution in [0.5, 0.6) is 0 Å². The summed E-state index contributed by atoms with van der Waals surface area (Å²) in [6, 6.07) is 4.95. The first-order valence-corrected chi connectivity index (χ1v) is 6.69. The molecule has 0 saturated carbocycles. The number of anilines is 1. The van der Waals surface area contributed by atoms with E-state index in [-0.39, 0.29) is 16.4 Å². The van der Waals surface area contributed by atoms with E-state index in [1.54, 1.807) is 13.2 Å². The normalized spacial score (nSPS) is 10.8. The van der Waals surface area contributed by atoms with E-state index in [9.17, 15) is 4.39 Å². The van der Waals surface area contributed by atoms with Crippen molar-refractivity contribution in [1.82, 2.24) is 0 Å². The standard InChI is InChI=1S/C14H21FN2OS/c1-10(2)9-17(6-7-18-3)11-4-5-12(14(16)19)13(15)8-11/h4-5,8,10H,6-7,9H2,1-3H3,(H2,16,19). The van der Waals surface area contributed by atoms with Gasteiger partial charge in [-0.25, -0.2) is 4.39 Å². The van der Waals surface area contributed by atoms with Crippen LogP contribution in [0.3, 0.4) is 0 Å². The second-order valence-corrected chi connectivity index (χ2v) is 5.30. The van der Waals surface area contributed by atoms with Crippen LogP contribution in [0.1, 0.15) is 19.4 Å². The maximum atomic E-state index is 13.9. The quantitative estimate of drug-likeness (QED) is 0.781. The number of ether oxygens (including phenoxy) is 1. The molecule has 1 aromatic carbocycles. The zero-order chi connectivity index (χ0) is 14.4. The maximum Gasteiger partial charge on any atom is 0.135 e. The van der Waals surface area contributed by atoms with Crippen LogP contribution in [0.25, 0.3) is 0 Å². The first kappa shape index (κ1) is 15.9. The van der Waals surface area contributed by atoms with Crippen LogP contribution in [0, 0.1) is 11.7 Å². The van der Waals surface area contributed by atoms with Crippen molar-refractivity contribution in [3.05, 3.63) is 29.6 Å². The summed E-state index contributed by atoms with van der Waals surface area (Å²) in [6.07, 6.45) is 0. The van der Waals surface area contributed by atoms with Gasteiger partial charge in [0.1, 0.15) is 10.8 Å². The van der Waals surface area contributed by atoms with Gasteiger partial charge in [0, 0.05) is 31.5 Å². The van der Waals surface area contributed by atoms with Crippen molar-refractivity contribution in [2.24, 2.45) is 11.7 Å². The van der Waals surface area contributed by atoms with Gasteiger partial charge in [-0.3, -0.25) is 0 Å². The van der Waals surface area contributed by atoms with Crippen molar-refractivity contribution in [2.75, 3.05) is 31.7 Å². The SMILES string of the molecule is COCCN(CC(C)C)c1ccc(C(N)=S)c(F)c1. The molecule has 0 aliphatic carbocycles. The molecule has 0 unspecified atom stereocenters. The van der Waals surface area contributed by atoms with E-state index in [0.29, 0.717) is 12.5 Å². The molecule has 0 aliphatic heterocycles. The van der Waals surface area contributed by atoms with E-state index in [4.69, 9.17) is 22.7 Å². The number of benzene rings is 1. The van der Waals surface area contributed by atoms with Crippen molar-refractivity contribution in [2.45, 2.75) is 13.8 Å². The number of hydrogen-bond donors (Lipinski definition) is 1. The highest BCUT2D eigenvalue weighted by molar-refractivity contribution is 7.80. The highest BCUT2D eigenvalue weighted by Gasteiger charge is 2.12. The van der Waals surface area contributed by atoms with E-state index in [2.05, 4.69) is 18.7 Å². The number of thiocarbonyl (C=S) groups is 1. The Labute approximate surface area is 119 Å². The summed E-state index contributed by atoms with van der Waals surface area (Å²) >= 11 is 4.80. The summed E-state index contributed by atoms with van der Waals surface area (Å²) in [7, 11) is 1.66. The second kappa shape index (κ2) is 7.40. The van der Waals surface area contributed by atoms with E-state index in [0.717, 1.165) is 18.8 Å². The third-order valence-electron chi connectivity index (χ3n) is 2.73. The Balaban J connectivity index is 2.95. The van der Waals surface area contributed by atoms with Gasteiger partial charge in [0.05, 0.1) is 6.61 Å². The molecule has 0 radical (unpaired) electrons. The van der Waals surface area contributed by atoms with Crippen LogP contribution in [0.2, 0.25) is 0 Å². The zero-order valence-electron chi connectivity index (χ0n) is 11.6. The average Bonchev–Trinajstić information content (AvgIpc) is 2.33. The highest BCUT2D eigenvalue weighted by Crippen LogP contribution is 2.20. The molecule has 3 nitrogen and oxygen atoms in total. The molecule has 0 fully saturated rings. The van der Waals surface area contributed by atoms with Crippen LogP contribution in [0.4, 0.5) is 10.1 Å². The number of halogens is 1. The van der Waals surface area contributed by atoms with Gasteiger partial charge in [0.25, 0.3) is 0 Å². The minimum Gasteiger partial charge on any atom is -0.389 e. The average molecular weight is 284 g/mol. The number of nitrogens with two attached hydrogens (primary N) is 1. The van der Waals surface area contributed by atoms with Crippen LogP contribution in [0.15, 0.2) is 18.2 Å². The summed E-state index contributed by atoms with van der Waals surface area (Å²) in [5.74, 6) is 0.103. The number of hydrogen-bond acceptors (Lipinski definition) is 3. The molecule has 0 spiro atoms. The largest absolute Gasteiger partial charge is 0.389 e. The lowest BCUT2D eigenvalue weighted by Gasteiger charge is -2.26. The Hall–Kier alpha value is -1.20. The lowest BCUT2D eigenvalue weighted by Crippen LogP contribution is -2.31. The predicted molar refractivity (Wildman–Crippen MR) is 81.2 cm³/mol. The van der Waals surface area contributed by atoms with Crippen molar-refractivity contribution >= 4 is 22.9 Å². The topological polar surface area (TPSA) is 38.5 Å². The van der Waals surface area contributed by atoms with Gasteiger partial charge in [-0.05, 0) is 24.1 Å². The Bertz CT molecular complexity index is 437. The maximum absolute atomic E-state index is 13.9. The van der Waals surface area contributed by atoms with Gasteiger partial charge < -0.3 is 15.4 Å². The predicted octanol–water partition coefficient (Wildman–Crippen LogP) is 2.57. The molecular formula is C14H21FN2OS. The number of rotatable bonds is 7. The van der Waals surface area contributed by atoms with E-state index < -0.39 is 0 Å². The summed E-state index contributed by atoms with van der Waals surface area (Å²) < 4.78 is 19.0. The highest BCUT2D eigenvalue weighted by atomic mass is 32.1. The fraction of sp³-hybridized carbons (Fsp3) is 0.500. The smallest absolute Gasteiger partial charge is 0.135 e. The van der Waals surface area contributed by atoms with E-state index in [1.165, 1.54) is 6.07 Å². The summed E-state index contributed by atoms with van der Waals surface area (Å²) in [6.45, 7) is 6.42. The van der Waals surface area contributed by atoms with Crippen LogP contribution in [-0.4, -0.2) is 31.8 Å². The summed E-state index contributed by atoms with van der Waals surface area (Å²) in [5, 5.41) is 0. The van der Waals surface area contributed by atoms with Crippen molar-refractivity contribution in [1.29, 1.82) is 0 Å². The van der Waals surface area contributed by atoms with E-state index in [1.807, 2.05) is 6.07 Å². The Morgan fingerprint density at radius 2 is 2.16 bits per heavy atom. The van der Waals surface area contributed by atoms with Gasteiger partial charge in [0.15, 0.2) is 0 Å². The molecule has 0 atom stereocenters. The second-order valence-electron chi connectivity index (χ2n) is 4.86. The lowest BCUT2D eigenvalue weighted by molar-refractivity contribution is 0.204. The Morgan fingerprint density at radius 1 is 1.47 bits per heavy atom. The third kappa shape index (κ3) is 4.76. The Kier molecular flexibility index (Phi) is 6.18. The third-order valence-corrected chi connectivity index (χ3v) is 2.95. The molecule has 0 aliphatic rings. The molecule has 19 heavy (non-hydrogen) atoms. The first-order chi connectivity index (χ1) is 8.95. The van der Waals surface area contributed by atoms with Gasteiger partial charge in [0.2, 0.25) is 0 Å². The molecule has 0 bridgehead atoms. The van der Waals surface area contributed by atoms with Gasteiger partial charge in [-0.15, -0.1) is 0 Å². The van der Waals surface area contributed by atoms with Gasteiger partial charge in [-0.2, -0.15) is 0 Å². The zero-order valence-corrected chi connectivity index (χ0v) is 12.5. The van der Waals surface area contributed by atoms with Crippen molar-refractivity contribution in [3.63, 3.8) is 0 Å².